The Morgan fingerprint density at radius 2 is 0.803 bits per heavy atom. The first kappa shape index (κ1) is 34.9. The number of aromatic nitrogens is 2. The summed E-state index contributed by atoms with van der Waals surface area (Å²) in [6.45, 7) is 0. The smallest absolute Gasteiger partial charge is 0.0789 e. The van der Waals surface area contributed by atoms with Gasteiger partial charge in [0.05, 0.1) is 22.2 Å². The lowest BCUT2D eigenvalue weighted by Gasteiger charge is -2.27. The van der Waals surface area contributed by atoms with E-state index in [1.54, 1.807) is 0 Å². The zero-order valence-electron chi connectivity index (χ0n) is 33.4. The van der Waals surface area contributed by atoms with E-state index >= 15 is 0 Å². The molecule has 0 amide bonds. The van der Waals surface area contributed by atoms with E-state index in [2.05, 4.69) is 251 Å². The summed E-state index contributed by atoms with van der Waals surface area (Å²) in [6, 6.07) is 86.0. The lowest BCUT2D eigenvalue weighted by molar-refractivity contribution is 1.12. The van der Waals surface area contributed by atoms with Gasteiger partial charge < -0.3 is 14.0 Å². The van der Waals surface area contributed by atoms with Crippen LogP contribution in [-0.4, -0.2) is 9.13 Å². The lowest BCUT2D eigenvalue weighted by Crippen LogP contribution is -2.10. The molecule has 3 nitrogen and oxygen atoms in total. The van der Waals surface area contributed by atoms with Crippen LogP contribution in [0.1, 0.15) is 0 Å². The van der Waals surface area contributed by atoms with Crippen molar-refractivity contribution < 1.29 is 0 Å². The Bertz CT molecular complexity index is 3500. The summed E-state index contributed by atoms with van der Waals surface area (Å²) in [5.74, 6) is 0. The largest absolute Gasteiger partial charge is 0.310 e. The molecule has 0 bridgehead atoms. The van der Waals surface area contributed by atoms with Crippen LogP contribution in [0.25, 0.3) is 88.0 Å². The van der Waals surface area contributed by atoms with Crippen molar-refractivity contribution in [2.75, 3.05) is 4.90 Å². The monoisotopic (exact) mass is 777 g/mol. The molecule has 2 heterocycles. The number of hydrogen-bond donors (Lipinski definition) is 0. The van der Waals surface area contributed by atoms with Crippen molar-refractivity contribution >= 4 is 71.3 Å². The van der Waals surface area contributed by atoms with E-state index in [4.69, 9.17) is 0 Å². The van der Waals surface area contributed by atoms with Crippen molar-refractivity contribution in [2.24, 2.45) is 0 Å². The zero-order chi connectivity index (χ0) is 40.3. The molecule has 0 aliphatic rings. The number of anilines is 3. The number of benzene rings is 10. The van der Waals surface area contributed by atoms with Gasteiger partial charge >= 0.3 is 0 Å². The molecule has 10 aromatic carbocycles. The second-order valence-corrected chi connectivity index (χ2v) is 15.8. The van der Waals surface area contributed by atoms with E-state index in [-0.39, 0.29) is 0 Å². The molecular weight excluding hydrogens is 739 g/mol. The second kappa shape index (κ2) is 14.3. The quantitative estimate of drug-likeness (QED) is 0.157. The van der Waals surface area contributed by atoms with Crippen LogP contribution < -0.4 is 4.90 Å². The average Bonchev–Trinajstić information content (AvgIpc) is 3.86. The summed E-state index contributed by atoms with van der Waals surface area (Å²) in [4.78, 5) is 2.40. The van der Waals surface area contributed by atoms with E-state index in [1.807, 2.05) is 0 Å². The van der Waals surface area contributed by atoms with Crippen LogP contribution in [0.4, 0.5) is 17.1 Å². The first-order valence-electron chi connectivity index (χ1n) is 20.9. The maximum Gasteiger partial charge on any atom is 0.0789 e. The number of para-hydroxylation sites is 2. The minimum atomic E-state index is 1.08. The molecule has 0 unspecified atom stereocenters. The van der Waals surface area contributed by atoms with E-state index in [1.165, 1.54) is 71.1 Å². The predicted octanol–water partition coefficient (Wildman–Crippen LogP) is 15.8. The lowest BCUT2D eigenvalue weighted by atomic mass is 9.98. The third-order valence-corrected chi connectivity index (χ3v) is 12.2. The van der Waals surface area contributed by atoms with Gasteiger partial charge in [0, 0.05) is 50.2 Å². The molecule has 3 heteroatoms. The van der Waals surface area contributed by atoms with Crippen LogP contribution in [0.3, 0.4) is 0 Å². The summed E-state index contributed by atoms with van der Waals surface area (Å²) in [5.41, 5.74) is 13.7. The molecule has 12 rings (SSSR count). The van der Waals surface area contributed by atoms with Crippen molar-refractivity contribution in [3.05, 3.63) is 237 Å². The van der Waals surface area contributed by atoms with E-state index in [0.717, 1.165) is 34.0 Å². The van der Waals surface area contributed by atoms with Crippen LogP contribution in [0.5, 0.6) is 0 Å². The first-order valence-corrected chi connectivity index (χ1v) is 20.9. The Morgan fingerprint density at radius 1 is 0.295 bits per heavy atom. The van der Waals surface area contributed by atoms with Gasteiger partial charge in [-0.15, -0.1) is 0 Å². The molecule has 0 saturated heterocycles. The van der Waals surface area contributed by atoms with Crippen molar-refractivity contribution in [2.45, 2.75) is 0 Å². The van der Waals surface area contributed by atoms with Crippen molar-refractivity contribution in [1.29, 1.82) is 0 Å². The highest BCUT2D eigenvalue weighted by molar-refractivity contribution is 6.22. The van der Waals surface area contributed by atoms with Crippen LogP contribution >= 0.6 is 0 Å². The molecule has 0 fully saturated rings. The number of hydrogen-bond acceptors (Lipinski definition) is 1. The van der Waals surface area contributed by atoms with Gasteiger partial charge in [0.15, 0.2) is 0 Å². The van der Waals surface area contributed by atoms with Crippen molar-refractivity contribution in [3.8, 4) is 33.8 Å². The first-order chi connectivity index (χ1) is 30.3. The third kappa shape index (κ3) is 5.74. The van der Waals surface area contributed by atoms with Gasteiger partial charge in [0.2, 0.25) is 0 Å². The molecule has 0 N–H and O–H groups in total. The summed E-state index contributed by atoms with van der Waals surface area (Å²) in [7, 11) is 0. The Labute approximate surface area is 354 Å². The molecule has 0 aliphatic carbocycles. The van der Waals surface area contributed by atoms with E-state index in [9.17, 15) is 0 Å². The normalized spacial score (nSPS) is 11.6. The van der Waals surface area contributed by atoms with Crippen LogP contribution in [0, 0.1) is 0 Å². The Balaban J connectivity index is 1.18. The van der Waals surface area contributed by atoms with Crippen LogP contribution in [-0.2, 0) is 0 Å². The standard InChI is InChI=1S/C58H39N3/c1-4-19-42(20-5-1)55-53-36-35-52-51-29-14-15-30-54(51)60(57(52)58(53)61(46-25-8-3-9-26-46)56(55)43-21-6-2-7-22-43)48-28-16-27-47(39-48)59(49-33-31-40-17-10-12-23-44(40)37-49)50-34-32-41-18-11-13-24-45(41)38-50/h1-39H. The fourth-order valence-electron chi connectivity index (χ4n) is 9.54. The molecule has 61 heavy (non-hydrogen) atoms. The Morgan fingerprint density at radius 3 is 1.48 bits per heavy atom. The summed E-state index contributed by atoms with van der Waals surface area (Å²) >= 11 is 0. The zero-order valence-corrected chi connectivity index (χ0v) is 33.4. The molecule has 0 saturated carbocycles. The molecular formula is C58H39N3. The third-order valence-electron chi connectivity index (χ3n) is 12.2. The molecule has 0 spiro atoms. The molecule has 12 aromatic rings. The minimum Gasteiger partial charge on any atom is -0.310 e. The van der Waals surface area contributed by atoms with E-state index in [0.29, 0.717) is 0 Å². The average molecular weight is 778 g/mol. The summed E-state index contributed by atoms with van der Waals surface area (Å²) in [5, 5.41) is 8.49. The van der Waals surface area contributed by atoms with Crippen LogP contribution in [0.2, 0.25) is 0 Å². The van der Waals surface area contributed by atoms with E-state index < -0.39 is 0 Å². The van der Waals surface area contributed by atoms with Gasteiger partial charge in [-0.2, -0.15) is 0 Å². The Hall–Kier alpha value is -8.14. The number of fused-ring (bicyclic) bond motifs is 7. The number of rotatable bonds is 7. The minimum absolute atomic E-state index is 1.08. The number of nitrogens with zero attached hydrogens (tertiary/aromatic N) is 3. The highest BCUT2D eigenvalue weighted by atomic mass is 15.1. The van der Waals surface area contributed by atoms with Gasteiger partial charge in [-0.05, 0) is 93.3 Å². The maximum atomic E-state index is 2.50. The van der Waals surface area contributed by atoms with Crippen LogP contribution in [0.15, 0.2) is 237 Å². The highest BCUT2D eigenvalue weighted by Gasteiger charge is 2.26. The van der Waals surface area contributed by atoms with Crippen molar-refractivity contribution in [3.63, 3.8) is 0 Å². The molecule has 0 radical (unpaired) electrons. The maximum absolute atomic E-state index is 2.50. The fourth-order valence-corrected chi connectivity index (χ4v) is 9.54. The van der Waals surface area contributed by atoms with Gasteiger partial charge in [-0.1, -0.05) is 176 Å². The summed E-state index contributed by atoms with van der Waals surface area (Å²) in [6.07, 6.45) is 0. The molecule has 2 aromatic heterocycles. The van der Waals surface area contributed by atoms with Crippen molar-refractivity contribution in [1.82, 2.24) is 9.13 Å². The molecule has 0 atom stereocenters. The van der Waals surface area contributed by atoms with Gasteiger partial charge in [-0.25, -0.2) is 0 Å². The summed E-state index contributed by atoms with van der Waals surface area (Å²) < 4.78 is 5.00. The highest BCUT2D eigenvalue weighted by Crippen LogP contribution is 2.48. The molecule has 0 aliphatic heterocycles. The molecule has 286 valence electrons. The SMILES string of the molecule is c1ccc(-c2c(-c3ccccc3)n(-c3ccccc3)c3c2ccc2c4ccccc4n(-c4cccc(N(c5ccc6ccccc6c5)c5ccc6ccccc6c5)c4)c23)cc1. The van der Waals surface area contributed by atoms with Gasteiger partial charge in [0.1, 0.15) is 0 Å². The van der Waals surface area contributed by atoms with Gasteiger partial charge in [-0.3, -0.25) is 0 Å². The fraction of sp³-hybridized carbons (Fsp3) is 0. The topological polar surface area (TPSA) is 13.1 Å². The predicted molar refractivity (Wildman–Crippen MR) is 258 cm³/mol. The Kier molecular flexibility index (Phi) is 8.17. The van der Waals surface area contributed by atoms with Gasteiger partial charge in [0.25, 0.3) is 0 Å². The second-order valence-electron chi connectivity index (χ2n) is 15.8.